The minimum absolute atomic E-state index is 0.0486. The van der Waals surface area contributed by atoms with Crippen LogP contribution in [0.15, 0.2) is 60.7 Å². The molecule has 27 heavy (non-hydrogen) atoms. The van der Waals surface area contributed by atoms with Crippen molar-refractivity contribution >= 4 is 0 Å². The summed E-state index contributed by atoms with van der Waals surface area (Å²) in [6, 6.07) is 23.0. The Kier molecular flexibility index (Phi) is 3.07. The van der Waals surface area contributed by atoms with Crippen LogP contribution in [-0.4, -0.2) is 0 Å². The standard InChI is InChI=1S/C27H28/c1-25(2)21-13-9-7-11-17(21)19-16-24-20(15-23(19)25)18-12-8-10-14-22(18)26(3,4)27(24,5)6/h7-16H,1-6H3. The van der Waals surface area contributed by atoms with Crippen LogP contribution in [0.4, 0.5) is 0 Å². The number of benzene rings is 3. The van der Waals surface area contributed by atoms with Crippen molar-refractivity contribution < 1.29 is 0 Å². The van der Waals surface area contributed by atoms with Crippen LogP contribution in [0.2, 0.25) is 0 Å². The SMILES string of the molecule is CC1(C)c2ccccc2-c2cc3c(cc21)-c1ccccc1C(C)(C)C3(C)C. The third-order valence-electron chi connectivity index (χ3n) is 7.85. The summed E-state index contributed by atoms with van der Waals surface area (Å²) in [5.74, 6) is 0. The van der Waals surface area contributed by atoms with E-state index in [2.05, 4.69) is 102 Å². The molecule has 0 saturated carbocycles. The first-order valence-electron chi connectivity index (χ1n) is 10.1. The topological polar surface area (TPSA) is 0 Å². The largest absolute Gasteiger partial charge is 0.0619 e. The first-order valence-corrected chi connectivity index (χ1v) is 10.1. The van der Waals surface area contributed by atoms with Crippen molar-refractivity contribution in [2.24, 2.45) is 0 Å². The fraction of sp³-hybridized carbons (Fsp3) is 0.333. The Labute approximate surface area is 163 Å². The van der Waals surface area contributed by atoms with Crippen LogP contribution in [0.3, 0.4) is 0 Å². The maximum absolute atomic E-state index is 2.51. The third kappa shape index (κ3) is 1.89. The van der Waals surface area contributed by atoms with Crippen LogP contribution in [0.5, 0.6) is 0 Å². The van der Waals surface area contributed by atoms with Crippen LogP contribution in [0, 0.1) is 0 Å². The normalized spacial score (nSPS) is 19.6. The summed E-state index contributed by atoms with van der Waals surface area (Å²) in [4.78, 5) is 0. The molecule has 0 nitrogen and oxygen atoms in total. The van der Waals surface area contributed by atoms with Gasteiger partial charge in [-0.15, -0.1) is 0 Å². The quantitative estimate of drug-likeness (QED) is 0.400. The van der Waals surface area contributed by atoms with Crippen molar-refractivity contribution in [3.63, 3.8) is 0 Å². The zero-order valence-electron chi connectivity index (χ0n) is 17.3. The van der Waals surface area contributed by atoms with E-state index in [1.54, 1.807) is 0 Å². The average molecular weight is 353 g/mol. The summed E-state index contributed by atoms with van der Waals surface area (Å²) in [5.41, 5.74) is 11.7. The molecule has 0 heteroatoms. The smallest absolute Gasteiger partial charge is 0.0159 e. The molecule has 0 amide bonds. The van der Waals surface area contributed by atoms with Crippen LogP contribution >= 0.6 is 0 Å². The second-order valence-electron chi connectivity index (χ2n) is 9.91. The summed E-state index contributed by atoms with van der Waals surface area (Å²) < 4.78 is 0. The minimum Gasteiger partial charge on any atom is -0.0619 e. The first kappa shape index (κ1) is 16.8. The fourth-order valence-electron chi connectivity index (χ4n) is 5.42. The molecule has 3 aromatic rings. The van der Waals surface area contributed by atoms with Gasteiger partial charge in [0.15, 0.2) is 0 Å². The zero-order chi connectivity index (χ0) is 19.2. The predicted molar refractivity (Wildman–Crippen MR) is 115 cm³/mol. The van der Waals surface area contributed by atoms with E-state index in [1.165, 1.54) is 44.5 Å². The van der Waals surface area contributed by atoms with E-state index in [-0.39, 0.29) is 16.2 Å². The lowest BCUT2D eigenvalue weighted by Crippen LogP contribution is -2.43. The van der Waals surface area contributed by atoms with E-state index in [9.17, 15) is 0 Å². The van der Waals surface area contributed by atoms with Crippen molar-refractivity contribution in [1.82, 2.24) is 0 Å². The molecule has 0 heterocycles. The summed E-state index contributed by atoms with van der Waals surface area (Å²) in [5, 5.41) is 0. The lowest BCUT2D eigenvalue weighted by atomic mass is 9.55. The molecule has 136 valence electrons. The van der Waals surface area contributed by atoms with Gasteiger partial charge in [-0.25, -0.2) is 0 Å². The molecule has 5 rings (SSSR count). The highest BCUT2D eigenvalue weighted by Crippen LogP contribution is 2.57. The summed E-state index contributed by atoms with van der Waals surface area (Å²) in [7, 11) is 0. The summed E-state index contributed by atoms with van der Waals surface area (Å²) in [6.07, 6.45) is 0. The third-order valence-corrected chi connectivity index (χ3v) is 7.85. The molecule has 0 aromatic heterocycles. The molecule has 0 bridgehead atoms. The second kappa shape index (κ2) is 4.93. The van der Waals surface area contributed by atoms with Crippen LogP contribution < -0.4 is 0 Å². The van der Waals surface area contributed by atoms with E-state index in [0.717, 1.165) is 0 Å². The Bertz CT molecular complexity index is 1090. The fourth-order valence-corrected chi connectivity index (χ4v) is 5.42. The molecule has 0 N–H and O–H groups in total. The van der Waals surface area contributed by atoms with Gasteiger partial charge in [0.05, 0.1) is 0 Å². The monoisotopic (exact) mass is 352 g/mol. The van der Waals surface area contributed by atoms with Gasteiger partial charge in [-0.3, -0.25) is 0 Å². The Balaban J connectivity index is 1.90. The highest BCUT2D eigenvalue weighted by Gasteiger charge is 2.47. The maximum Gasteiger partial charge on any atom is 0.0159 e. The Morgan fingerprint density at radius 3 is 1.56 bits per heavy atom. The molecule has 0 saturated heterocycles. The highest BCUT2D eigenvalue weighted by atomic mass is 14.5. The van der Waals surface area contributed by atoms with Gasteiger partial charge < -0.3 is 0 Å². The van der Waals surface area contributed by atoms with E-state index in [1.807, 2.05) is 0 Å². The Morgan fingerprint density at radius 2 is 0.889 bits per heavy atom. The van der Waals surface area contributed by atoms with Crippen molar-refractivity contribution in [2.75, 3.05) is 0 Å². The van der Waals surface area contributed by atoms with Crippen molar-refractivity contribution in [3.05, 3.63) is 82.9 Å². The van der Waals surface area contributed by atoms with Crippen molar-refractivity contribution in [2.45, 2.75) is 57.8 Å². The molecule has 3 aromatic carbocycles. The molecule has 0 radical (unpaired) electrons. The lowest BCUT2D eigenvalue weighted by molar-refractivity contribution is 0.299. The predicted octanol–water partition coefficient (Wildman–Crippen LogP) is 7.23. The Morgan fingerprint density at radius 1 is 0.444 bits per heavy atom. The molecular formula is C27H28. The number of rotatable bonds is 0. The maximum atomic E-state index is 2.51. The van der Waals surface area contributed by atoms with E-state index in [0.29, 0.717) is 0 Å². The van der Waals surface area contributed by atoms with Crippen LogP contribution in [-0.2, 0) is 16.2 Å². The molecule has 0 aliphatic heterocycles. The number of hydrogen-bond donors (Lipinski definition) is 0. The average Bonchev–Trinajstić information content (AvgIpc) is 2.87. The summed E-state index contributed by atoms with van der Waals surface area (Å²) in [6.45, 7) is 14.4. The van der Waals surface area contributed by atoms with Crippen molar-refractivity contribution in [3.8, 4) is 22.3 Å². The second-order valence-corrected chi connectivity index (χ2v) is 9.91. The Hall–Kier alpha value is -2.34. The molecule has 0 fully saturated rings. The highest BCUT2D eigenvalue weighted by molar-refractivity contribution is 5.87. The number of hydrogen-bond acceptors (Lipinski definition) is 0. The van der Waals surface area contributed by atoms with E-state index < -0.39 is 0 Å². The molecule has 2 aliphatic rings. The van der Waals surface area contributed by atoms with Gasteiger partial charge in [0.1, 0.15) is 0 Å². The molecule has 2 aliphatic carbocycles. The summed E-state index contributed by atoms with van der Waals surface area (Å²) >= 11 is 0. The van der Waals surface area contributed by atoms with Gasteiger partial charge in [-0.1, -0.05) is 90.1 Å². The van der Waals surface area contributed by atoms with E-state index in [4.69, 9.17) is 0 Å². The van der Waals surface area contributed by atoms with Gasteiger partial charge in [0.25, 0.3) is 0 Å². The van der Waals surface area contributed by atoms with Crippen molar-refractivity contribution in [1.29, 1.82) is 0 Å². The van der Waals surface area contributed by atoms with Gasteiger partial charge in [-0.2, -0.15) is 0 Å². The van der Waals surface area contributed by atoms with Gasteiger partial charge >= 0.3 is 0 Å². The molecular weight excluding hydrogens is 324 g/mol. The molecule has 0 spiro atoms. The van der Waals surface area contributed by atoms with Gasteiger partial charge in [-0.05, 0) is 67.5 Å². The zero-order valence-corrected chi connectivity index (χ0v) is 17.3. The molecule has 0 unspecified atom stereocenters. The van der Waals surface area contributed by atoms with Gasteiger partial charge in [0.2, 0.25) is 0 Å². The van der Waals surface area contributed by atoms with E-state index >= 15 is 0 Å². The van der Waals surface area contributed by atoms with Gasteiger partial charge in [0, 0.05) is 5.41 Å². The lowest BCUT2D eigenvalue weighted by Gasteiger charge is -2.48. The van der Waals surface area contributed by atoms with Crippen LogP contribution in [0.1, 0.15) is 63.8 Å². The van der Waals surface area contributed by atoms with Crippen LogP contribution in [0.25, 0.3) is 22.3 Å². The minimum atomic E-state index is 0.0486. The first-order chi connectivity index (χ1) is 12.7. The molecule has 0 atom stereocenters. The number of fused-ring (bicyclic) bond motifs is 6.